The average Bonchev–Trinajstić information content (AvgIpc) is 3.17. The SMILES string of the molecule is CCCCCCCCCCOC(C)C(=O)Oc1ccc(C(=O)Oc2ccc(C(=O)Oc3ccc(C(=O)OCCCCCCCC)cc3OC)cc2)cc1. The van der Waals surface area contributed by atoms with Crippen molar-refractivity contribution in [1.82, 2.24) is 0 Å². The number of ether oxygens (including phenoxy) is 6. The number of benzene rings is 3. The van der Waals surface area contributed by atoms with Crippen molar-refractivity contribution in [1.29, 1.82) is 0 Å². The highest BCUT2D eigenvalue weighted by Crippen LogP contribution is 2.29. The third-order valence-corrected chi connectivity index (χ3v) is 8.64. The van der Waals surface area contributed by atoms with E-state index in [1.165, 1.54) is 132 Å². The third kappa shape index (κ3) is 15.8. The molecular weight excluding hydrogens is 676 g/mol. The van der Waals surface area contributed by atoms with Gasteiger partial charge in [-0.2, -0.15) is 0 Å². The Bertz CT molecular complexity index is 1550. The normalized spacial score (nSPS) is 11.4. The Morgan fingerprint density at radius 2 is 0.981 bits per heavy atom. The summed E-state index contributed by atoms with van der Waals surface area (Å²) in [4.78, 5) is 50.6. The fraction of sp³-hybridized carbons (Fsp3) is 0.488. The topological polar surface area (TPSA) is 124 Å². The Morgan fingerprint density at radius 1 is 0.509 bits per heavy atom. The van der Waals surface area contributed by atoms with Gasteiger partial charge in [0, 0.05) is 6.61 Å². The average molecular weight is 733 g/mol. The second kappa shape index (κ2) is 24.5. The van der Waals surface area contributed by atoms with Crippen LogP contribution in [0.15, 0.2) is 66.7 Å². The van der Waals surface area contributed by atoms with Gasteiger partial charge in [0.15, 0.2) is 17.6 Å². The molecule has 3 rings (SSSR count). The molecule has 1 atom stereocenters. The fourth-order valence-electron chi connectivity index (χ4n) is 5.42. The molecule has 0 aliphatic carbocycles. The van der Waals surface area contributed by atoms with Crippen molar-refractivity contribution in [3.63, 3.8) is 0 Å². The van der Waals surface area contributed by atoms with Crippen LogP contribution in [0.4, 0.5) is 0 Å². The molecule has 0 heterocycles. The summed E-state index contributed by atoms with van der Waals surface area (Å²) in [6.45, 7) is 6.88. The Kier molecular flexibility index (Phi) is 19.8. The van der Waals surface area contributed by atoms with Gasteiger partial charge in [-0.05, 0) is 86.5 Å². The molecule has 0 radical (unpaired) electrons. The second-order valence-corrected chi connectivity index (χ2v) is 13.0. The summed E-state index contributed by atoms with van der Waals surface area (Å²) in [5.74, 6) is -1.44. The molecule has 10 nitrogen and oxygen atoms in total. The molecule has 3 aromatic rings. The minimum Gasteiger partial charge on any atom is -0.493 e. The summed E-state index contributed by atoms with van der Waals surface area (Å²) in [5.41, 5.74) is 0.740. The zero-order valence-corrected chi connectivity index (χ0v) is 31.8. The first-order valence-electron chi connectivity index (χ1n) is 19.1. The molecule has 0 aromatic heterocycles. The smallest absolute Gasteiger partial charge is 0.343 e. The summed E-state index contributed by atoms with van der Waals surface area (Å²) in [6.07, 6.45) is 15.3. The maximum atomic E-state index is 12.9. The van der Waals surface area contributed by atoms with Gasteiger partial charge in [-0.25, -0.2) is 19.2 Å². The highest BCUT2D eigenvalue weighted by Gasteiger charge is 2.18. The van der Waals surface area contributed by atoms with Crippen LogP contribution in [0.5, 0.6) is 23.0 Å². The molecule has 10 heteroatoms. The van der Waals surface area contributed by atoms with E-state index in [1.807, 2.05) is 0 Å². The Morgan fingerprint density at radius 3 is 1.53 bits per heavy atom. The highest BCUT2D eigenvalue weighted by atomic mass is 16.6. The predicted octanol–water partition coefficient (Wildman–Crippen LogP) is 10.1. The number of hydrogen-bond donors (Lipinski definition) is 0. The molecule has 0 aliphatic rings. The van der Waals surface area contributed by atoms with Crippen molar-refractivity contribution in [3.8, 4) is 23.0 Å². The molecule has 53 heavy (non-hydrogen) atoms. The van der Waals surface area contributed by atoms with Crippen LogP contribution in [-0.4, -0.2) is 50.3 Å². The van der Waals surface area contributed by atoms with Gasteiger partial charge in [0.2, 0.25) is 0 Å². The summed E-state index contributed by atoms with van der Waals surface area (Å²) in [6, 6.07) is 16.4. The van der Waals surface area contributed by atoms with Gasteiger partial charge >= 0.3 is 23.9 Å². The molecule has 3 aromatic carbocycles. The van der Waals surface area contributed by atoms with E-state index >= 15 is 0 Å². The summed E-state index contributed by atoms with van der Waals surface area (Å²) in [7, 11) is 1.41. The Balaban J connectivity index is 1.42. The van der Waals surface area contributed by atoms with Crippen LogP contribution >= 0.6 is 0 Å². The molecule has 0 fully saturated rings. The minimum absolute atomic E-state index is 0.135. The Hall–Kier alpha value is -4.70. The summed E-state index contributed by atoms with van der Waals surface area (Å²) >= 11 is 0. The highest BCUT2D eigenvalue weighted by molar-refractivity contribution is 5.94. The van der Waals surface area contributed by atoms with Crippen molar-refractivity contribution in [2.24, 2.45) is 0 Å². The van der Waals surface area contributed by atoms with Gasteiger partial charge < -0.3 is 28.4 Å². The van der Waals surface area contributed by atoms with Crippen LogP contribution in [0, 0.1) is 0 Å². The molecule has 0 aliphatic heterocycles. The van der Waals surface area contributed by atoms with Crippen LogP contribution in [0.1, 0.15) is 142 Å². The summed E-state index contributed by atoms with van der Waals surface area (Å²) in [5, 5.41) is 0. The van der Waals surface area contributed by atoms with Crippen LogP contribution < -0.4 is 18.9 Å². The van der Waals surface area contributed by atoms with Crippen LogP contribution in [0.2, 0.25) is 0 Å². The lowest BCUT2D eigenvalue weighted by Crippen LogP contribution is -2.26. The van der Waals surface area contributed by atoms with E-state index < -0.39 is 30.0 Å². The molecular formula is C43H56O10. The lowest BCUT2D eigenvalue weighted by Gasteiger charge is -2.13. The standard InChI is InChI=1S/C43H56O10/c1-5-7-9-11-13-14-16-17-29-49-32(3)40(44)51-36-24-19-33(20-25-36)42(46)52-37-26-21-34(22-27-37)43(47)53-38-28-23-35(31-39(38)48-4)41(45)50-30-18-15-12-10-8-6-2/h19-28,31-32H,5-18,29-30H2,1-4H3. The quantitative estimate of drug-likeness (QED) is 0.0472. The predicted molar refractivity (Wildman–Crippen MR) is 203 cm³/mol. The minimum atomic E-state index is -0.706. The first-order chi connectivity index (χ1) is 25.7. The first kappa shape index (κ1) is 42.7. The van der Waals surface area contributed by atoms with Crippen molar-refractivity contribution in [2.45, 2.75) is 117 Å². The van der Waals surface area contributed by atoms with Crippen molar-refractivity contribution in [3.05, 3.63) is 83.4 Å². The lowest BCUT2D eigenvalue weighted by atomic mass is 10.1. The molecule has 0 amide bonds. The van der Waals surface area contributed by atoms with E-state index in [-0.39, 0.29) is 34.1 Å². The van der Waals surface area contributed by atoms with E-state index in [0.717, 1.165) is 32.1 Å². The molecule has 1 unspecified atom stereocenters. The number of methoxy groups -OCH3 is 1. The Labute approximate surface area is 314 Å². The maximum Gasteiger partial charge on any atom is 0.343 e. The molecule has 0 bridgehead atoms. The van der Waals surface area contributed by atoms with E-state index in [1.54, 1.807) is 6.92 Å². The maximum absolute atomic E-state index is 12.9. The van der Waals surface area contributed by atoms with Gasteiger partial charge in [-0.1, -0.05) is 90.9 Å². The van der Waals surface area contributed by atoms with Crippen molar-refractivity contribution in [2.75, 3.05) is 20.3 Å². The number of hydrogen-bond acceptors (Lipinski definition) is 10. The van der Waals surface area contributed by atoms with Gasteiger partial charge in [0.05, 0.1) is 30.4 Å². The molecule has 0 N–H and O–H groups in total. The van der Waals surface area contributed by atoms with Gasteiger partial charge in [0.1, 0.15) is 11.5 Å². The first-order valence-corrected chi connectivity index (χ1v) is 19.1. The van der Waals surface area contributed by atoms with Crippen molar-refractivity contribution < 1.29 is 47.6 Å². The van der Waals surface area contributed by atoms with Gasteiger partial charge in [-0.3, -0.25) is 0 Å². The van der Waals surface area contributed by atoms with E-state index in [4.69, 9.17) is 28.4 Å². The van der Waals surface area contributed by atoms with Crippen LogP contribution in [-0.2, 0) is 14.3 Å². The van der Waals surface area contributed by atoms with E-state index in [0.29, 0.717) is 18.8 Å². The monoisotopic (exact) mass is 732 g/mol. The largest absolute Gasteiger partial charge is 0.493 e. The lowest BCUT2D eigenvalue weighted by molar-refractivity contribution is -0.146. The zero-order chi connectivity index (χ0) is 38.3. The van der Waals surface area contributed by atoms with Crippen molar-refractivity contribution >= 4 is 23.9 Å². The third-order valence-electron chi connectivity index (χ3n) is 8.64. The van der Waals surface area contributed by atoms with Crippen LogP contribution in [0.3, 0.4) is 0 Å². The van der Waals surface area contributed by atoms with Gasteiger partial charge in [-0.15, -0.1) is 0 Å². The van der Waals surface area contributed by atoms with E-state index in [9.17, 15) is 19.2 Å². The number of carbonyl (C=O) groups excluding carboxylic acids is 4. The molecule has 0 saturated carbocycles. The molecule has 288 valence electrons. The number of carbonyl (C=O) groups is 4. The number of unbranched alkanes of at least 4 members (excludes halogenated alkanes) is 12. The van der Waals surface area contributed by atoms with Gasteiger partial charge in [0.25, 0.3) is 0 Å². The van der Waals surface area contributed by atoms with E-state index in [2.05, 4.69) is 13.8 Å². The number of esters is 4. The number of rotatable bonds is 25. The summed E-state index contributed by atoms with van der Waals surface area (Å²) < 4.78 is 32.8. The molecule has 0 spiro atoms. The van der Waals surface area contributed by atoms with Crippen LogP contribution in [0.25, 0.3) is 0 Å². The second-order valence-electron chi connectivity index (χ2n) is 13.0. The molecule has 0 saturated heterocycles. The fourth-order valence-corrected chi connectivity index (χ4v) is 5.42. The zero-order valence-electron chi connectivity index (χ0n) is 31.8.